The summed E-state index contributed by atoms with van der Waals surface area (Å²) in [5, 5.41) is 3.66. The van der Waals surface area contributed by atoms with Crippen molar-refractivity contribution in [1.82, 2.24) is 15.1 Å². The molecule has 0 bridgehead atoms. The van der Waals surface area contributed by atoms with Gasteiger partial charge in [0.05, 0.1) is 13.2 Å². The van der Waals surface area contributed by atoms with Crippen molar-refractivity contribution in [3.8, 4) is 5.75 Å². The number of nitrogens with zero attached hydrogens (tertiary/aromatic N) is 2. The fourth-order valence-corrected chi connectivity index (χ4v) is 3.87. The number of hydrogen-bond donors (Lipinski definition) is 1. The van der Waals surface area contributed by atoms with E-state index in [1.807, 2.05) is 30.1 Å². The highest BCUT2D eigenvalue weighted by molar-refractivity contribution is 5.83. The number of carbonyl (C=O) groups is 1. The van der Waals surface area contributed by atoms with Crippen molar-refractivity contribution in [1.29, 1.82) is 0 Å². The number of ether oxygens (including phenoxy) is 1. The van der Waals surface area contributed by atoms with E-state index in [2.05, 4.69) is 30.1 Å². The molecular formula is C19H29N3O2. The Balaban J connectivity index is 1.82. The molecular weight excluding hydrogens is 302 g/mol. The van der Waals surface area contributed by atoms with Crippen LogP contribution < -0.4 is 10.1 Å². The minimum atomic E-state index is -0.0794. The summed E-state index contributed by atoms with van der Waals surface area (Å²) in [7, 11) is 3.60. The minimum absolute atomic E-state index is 0.0794. The molecule has 2 saturated heterocycles. The van der Waals surface area contributed by atoms with Crippen LogP contribution in [0.5, 0.6) is 5.75 Å². The molecule has 3 rings (SSSR count). The van der Waals surface area contributed by atoms with Gasteiger partial charge in [-0.25, -0.2) is 0 Å². The fraction of sp³-hybridized carbons (Fsp3) is 0.632. The lowest BCUT2D eigenvalue weighted by molar-refractivity contribution is -0.145. The molecule has 132 valence electrons. The molecule has 2 aliphatic heterocycles. The van der Waals surface area contributed by atoms with Crippen LogP contribution in [0.2, 0.25) is 0 Å². The van der Waals surface area contributed by atoms with Gasteiger partial charge in [-0.3, -0.25) is 9.69 Å². The van der Waals surface area contributed by atoms with Crippen LogP contribution in [0.15, 0.2) is 24.3 Å². The number of hydrogen-bond acceptors (Lipinski definition) is 4. The zero-order valence-electron chi connectivity index (χ0n) is 15.2. The first kappa shape index (κ1) is 17.2. The summed E-state index contributed by atoms with van der Waals surface area (Å²) in [5.41, 5.74) is 1.15. The van der Waals surface area contributed by atoms with Crippen LogP contribution in [-0.4, -0.2) is 67.6 Å². The van der Waals surface area contributed by atoms with Crippen LogP contribution in [0.4, 0.5) is 0 Å². The normalized spacial score (nSPS) is 28.1. The van der Waals surface area contributed by atoms with E-state index in [9.17, 15) is 4.79 Å². The number of benzene rings is 1. The molecule has 1 N–H and O–H groups in total. The highest BCUT2D eigenvalue weighted by Crippen LogP contribution is 2.25. The minimum Gasteiger partial charge on any atom is -0.497 e. The Morgan fingerprint density at radius 3 is 2.83 bits per heavy atom. The molecule has 0 radical (unpaired) electrons. The SMILES string of the molecule is COc1cccc(C[C@H]2C(=O)N(C)C[C@H]3CN[C@@H](C(C)C)CN32)c1. The van der Waals surface area contributed by atoms with Crippen LogP contribution in [0.25, 0.3) is 0 Å². The molecule has 0 unspecified atom stereocenters. The molecule has 1 amide bonds. The van der Waals surface area contributed by atoms with E-state index < -0.39 is 0 Å². The summed E-state index contributed by atoms with van der Waals surface area (Å²) in [5.74, 6) is 1.65. The smallest absolute Gasteiger partial charge is 0.240 e. The topological polar surface area (TPSA) is 44.8 Å². The Labute approximate surface area is 145 Å². The number of likely N-dealkylation sites (N-methyl/N-ethyl adjacent to an activating group) is 1. The zero-order valence-corrected chi connectivity index (χ0v) is 15.2. The second kappa shape index (κ2) is 7.11. The number of nitrogens with one attached hydrogen (secondary N) is 1. The van der Waals surface area contributed by atoms with Gasteiger partial charge in [0, 0.05) is 38.8 Å². The molecule has 0 aromatic heterocycles. The van der Waals surface area contributed by atoms with Crippen LogP contribution in [0.1, 0.15) is 19.4 Å². The van der Waals surface area contributed by atoms with Gasteiger partial charge >= 0.3 is 0 Å². The maximum Gasteiger partial charge on any atom is 0.240 e. The number of amides is 1. The summed E-state index contributed by atoms with van der Waals surface area (Å²) in [6.07, 6.45) is 0.738. The predicted octanol–water partition coefficient (Wildman–Crippen LogP) is 1.38. The Morgan fingerprint density at radius 1 is 1.33 bits per heavy atom. The summed E-state index contributed by atoms with van der Waals surface area (Å²) < 4.78 is 5.33. The van der Waals surface area contributed by atoms with Crippen molar-refractivity contribution in [2.45, 2.75) is 38.4 Å². The molecule has 1 aromatic carbocycles. The molecule has 5 heteroatoms. The largest absolute Gasteiger partial charge is 0.497 e. The van der Waals surface area contributed by atoms with E-state index in [0.29, 0.717) is 18.0 Å². The lowest BCUT2D eigenvalue weighted by Gasteiger charge is -2.50. The average molecular weight is 331 g/mol. The van der Waals surface area contributed by atoms with Crippen molar-refractivity contribution in [3.63, 3.8) is 0 Å². The first-order valence-electron chi connectivity index (χ1n) is 8.86. The molecule has 1 aromatic rings. The maximum atomic E-state index is 12.8. The predicted molar refractivity (Wildman–Crippen MR) is 95.2 cm³/mol. The van der Waals surface area contributed by atoms with Gasteiger partial charge < -0.3 is 15.0 Å². The van der Waals surface area contributed by atoms with Crippen molar-refractivity contribution in [2.75, 3.05) is 33.8 Å². The number of piperazine rings is 2. The number of rotatable bonds is 4. The second-order valence-electron chi connectivity index (χ2n) is 7.40. The monoisotopic (exact) mass is 331 g/mol. The van der Waals surface area contributed by atoms with Gasteiger partial charge in [-0.05, 0) is 30.0 Å². The highest BCUT2D eigenvalue weighted by Gasteiger charge is 2.42. The van der Waals surface area contributed by atoms with Crippen molar-refractivity contribution >= 4 is 5.91 Å². The molecule has 5 nitrogen and oxygen atoms in total. The third kappa shape index (κ3) is 3.42. The number of carbonyl (C=O) groups excluding carboxylic acids is 1. The lowest BCUT2D eigenvalue weighted by Crippen LogP contribution is -2.69. The van der Waals surface area contributed by atoms with E-state index in [0.717, 1.165) is 37.4 Å². The molecule has 3 atom stereocenters. The molecule has 0 aliphatic carbocycles. The van der Waals surface area contributed by atoms with Gasteiger partial charge in [0.25, 0.3) is 0 Å². The van der Waals surface area contributed by atoms with Crippen LogP contribution in [-0.2, 0) is 11.2 Å². The number of methoxy groups -OCH3 is 1. The van der Waals surface area contributed by atoms with E-state index in [-0.39, 0.29) is 11.9 Å². The van der Waals surface area contributed by atoms with Crippen molar-refractivity contribution in [3.05, 3.63) is 29.8 Å². The molecule has 0 saturated carbocycles. The lowest BCUT2D eigenvalue weighted by atomic mass is 9.92. The van der Waals surface area contributed by atoms with E-state index in [4.69, 9.17) is 4.74 Å². The van der Waals surface area contributed by atoms with E-state index >= 15 is 0 Å². The molecule has 2 aliphatic rings. The Morgan fingerprint density at radius 2 is 2.12 bits per heavy atom. The Bertz CT molecular complexity index is 590. The Kier molecular flexibility index (Phi) is 5.11. The van der Waals surface area contributed by atoms with Gasteiger partial charge in [0.15, 0.2) is 0 Å². The molecule has 0 spiro atoms. The van der Waals surface area contributed by atoms with Crippen LogP contribution in [0, 0.1) is 5.92 Å². The average Bonchev–Trinajstić information content (AvgIpc) is 2.58. The second-order valence-corrected chi connectivity index (χ2v) is 7.40. The van der Waals surface area contributed by atoms with Gasteiger partial charge in [0.2, 0.25) is 5.91 Å². The van der Waals surface area contributed by atoms with E-state index in [1.165, 1.54) is 0 Å². The number of fused-ring (bicyclic) bond motifs is 1. The van der Waals surface area contributed by atoms with Crippen LogP contribution in [0.3, 0.4) is 0 Å². The molecule has 24 heavy (non-hydrogen) atoms. The summed E-state index contributed by atoms with van der Waals surface area (Å²) in [6, 6.07) is 8.84. The first-order chi connectivity index (χ1) is 11.5. The van der Waals surface area contributed by atoms with Gasteiger partial charge in [-0.2, -0.15) is 0 Å². The standard InChI is InChI=1S/C19H29N3O2/c1-13(2)17-12-22-15(10-20-17)11-21(3)19(23)18(22)9-14-6-5-7-16(8-14)24-4/h5-8,13,15,17-18,20H,9-12H2,1-4H3/t15-,17-,18+/m1/s1. The van der Waals surface area contributed by atoms with Crippen LogP contribution >= 0.6 is 0 Å². The van der Waals surface area contributed by atoms with E-state index in [1.54, 1.807) is 7.11 Å². The maximum absolute atomic E-state index is 12.8. The summed E-state index contributed by atoms with van der Waals surface area (Å²) in [6.45, 7) is 7.19. The fourth-order valence-electron chi connectivity index (χ4n) is 3.87. The third-order valence-corrected chi connectivity index (χ3v) is 5.41. The van der Waals surface area contributed by atoms with Gasteiger partial charge in [-0.15, -0.1) is 0 Å². The van der Waals surface area contributed by atoms with Crippen molar-refractivity contribution < 1.29 is 9.53 Å². The molecule has 2 fully saturated rings. The van der Waals surface area contributed by atoms with Crippen molar-refractivity contribution in [2.24, 2.45) is 5.92 Å². The quantitative estimate of drug-likeness (QED) is 0.905. The summed E-state index contributed by atoms with van der Waals surface area (Å²) >= 11 is 0. The third-order valence-electron chi connectivity index (χ3n) is 5.41. The molecule has 2 heterocycles. The highest BCUT2D eigenvalue weighted by atomic mass is 16.5. The zero-order chi connectivity index (χ0) is 17.3. The Hall–Kier alpha value is -1.59. The van der Waals surface area contributed by atoms with Gasteiger partial charge in [0.1, 0.15) is 5.75 Å². The first-order valence-corrected chi connectivity index (χ1v) is 8.86. The summed E-state index contributed by atoms with van der Waals surface area (Å²) in [4.78, 5) is 17.2. The van der Waals surface area contributed by atoms with Gasteiger partial charge in [-0.1, -0.05) is 26.0 Å².